The van der Waals surface area contributed by atoms with Crippen molar-refractivity contribution in [1.82, 2.24) is 20.2 Å². The van der Waals surface area contributed by atoms with Crippen molar-refractivity contribution in [2.45, 2.75) is 0 Å². The third-order valence-electron chi connectivity index (χ3n) is 1.53. The Morgan fingerprint density at radius 1 is 1.64 bits per heavy atom. The van der Waals surface area contributed by atoms with Crippen molar-refractivity contribution in [2.24, 2.45) is 7.05 Å². The van der Waals surface area contributed by atoms with Gasteiger partial charge in [-0.25, -0.2) is 0 Å². The van der Waals surface area contributed by atoms with Crippen molar-refractivity contribution in [3.8, 4) is 0 Å². The van der Waals surface area contributed by atoms with Gasteiger partial charge in [-0.15, -0.1) is 21.5 Å². The Morgan fingerprint density at radius 3 is 2.93 bits per heavy atom. The average Bonchev–Trinajstić information content (AvgIpc) is 2.73. The first-order valence-corrected chi connectivity index (χ1v) is 5.37. The first kappa shape index (κ1) is 9.47. The van der Waals surface area contributed by atoms with Gasteiger partial charge in [-0.3, -0.25) is 4.79 Å². The van der Waals surface area contributed by atoms with E-state index in [1.807, 2.05) is 11.4 Å². The summed E-state index contributed by atoms with van der Waals surface area (Å²) in [6.07, 6.45) is 0. The van der Waals surface area contributed by atoms with Gasteiger partial charge in [0, 0.05) is 4.47 Å². The summed E-state index contributed by atoms with van der Waals surface area (Å²) in [7, 11) is 1.62. The van der Waals surface area contributed by atoms with Crippen LogP contribution in [0.5, 0.6) is 0 Å². The van der Waals surface area contributed by atoms with Crippen LogP contribution < -0.4 is 0 Å². The summed E-state index contributed by atoms with van der Waals surface area (Å²) in [6, 6.07) is 1.81. The monoisotopic (exact) mass is 272 g/mol. The van der Waals surface area contributed by atoms with Gasteiger partial charge in [0.1, 0.15) is 0 Å². The first-order chi connectivity index (χ1) is 6.68. The number of thiophene rings is 1. The molecule has 0 unspecified atom stereocenters. The second-order valence-electron chi connectivity index (χ2n) is 2.53. The Kier molecular flexibility index (Phi) is 2.42. The number of halogens is 1. The van der Waals surface area contributed by atoms with Crippen LogP contribution in [0.1, 0.15) is 15.5 Å². The Labute approximate surface area is 91.9 Å². The number of carbonyl (C=O) groups excluding carboxylic acids is 1. The highest BCUT2D eigenvalue weighted by molar-refractivity contribution is 9.10. The van der Waals surface area contributed by atoms with E-state index in [0.717, 1.165) is 4.47 Å². The van der Waals surface area contributed by atoms with Crippen molar-refractivity contribution in [3.63, 3.8) is 0 Å². The zero-order valence-corrected chi connectivity index (χ0v) is 9.54. The molecule has 0 bridgehead atoms. The van der Waals surface area contributed by atoms with Gasteiger partial charge in [-0.05, 0) is 32.6 Å². The van der Waals surface area contributed by atoms with E-state index in [-0.39, 0.29) is 11.6 Å². The maximum Gasteiger partial charge on any atom is 0.246 e. The molecule has 2 aromatic rings. The normalized spacial score (nSPS) is 10.4. The van der Waals surface area contributed by atoms with E-state index in [9.17, 15) is 4.79 Å². The highest BCUT2D eigenvalue weighted by Gasteiger charge is 2.18. The van der Waals surface area contributed by atoms with E-state index in [0.29, 0.717) is 4.88 Å². The summed E-state index contributed by atoms with van der Waals surface area (Å²) in [6.45, 7) is 0. The van der Waals surface area contributed by atoms with Crippen LogP contribution in [0.25, 0.3) is 0 Å². The molecule has 0 spiro atoms. The molecule has 0 aliphatic rings. The quantitative estimate of drug-likeness (QED) is 0.773. The van der Waals surface area contributed by atoms with Crippen molar-refractivity contribution < 1.29 is 4.79 Å². The fourth-order valence-corrected chi connectivity index (χ4v) is 2.42. The lowest BCUT2D eigenvalue weighted by Crippen LogP contribution is -2.03. The summed E-state index contributed by atoms with van der Waals surface area (Å²) in [4.78, 5) is 13.6. The molecule has 2 rings (SSSR count). The van der Waals surface area contributed by atoms with Crippen LogP contribution >= 0.6 is 27.3 Å². The molecule has 0 N–H and O–H groups in total. The highest BCUT2D eigenvalue weighted by atomic mass is 79.9. The van der Waals surface area contributed by atoms with Gasteiger partial charge in [-0.1, -0.05) is 0 Å². The zero-order chi connectivity index (χ0) is 10.1. The van der Waals surface area contributed by atoms with Gasteiger partial charge < -0.3 is 0 Å². The maximum absolute atomic E-state index is 11.7. The molecule has 0 radical (unpaired) electrons. The Bertz CT molecular complexity index is 477. The number of tetrazole rings is 1. The number of aryl methyl sites for hydroxylation is 1. The fraction of sp³-hybridized carbons (Fsp3) is 0.143. The number of ketones is 1. The molecule has 2 aromatic heterocycles. The molecule has 2 heterocycles. The molecule has 5 nitrogen and oxygen atoms in total. The van der Waals surface area contributed by atoms with Crippen LogP contribution in [0.3, 0.4) is 0 Å². The number of hydrogen-bond donors (Lipinski definition) is 0. The third-order valence-corrected chi connectivity index (χ3v) is 3.37. The van der Waals surface area contributed by atoms with E-state index in [1.54, 1.807) is 7.05 Å². The Morgan fingerprint density at radius 2 is 2.43 bits per heavy atom. The predicted molar refractivity (Wildman–Crippen MR) is 54.2 cm³/mol. The molecular weight excluding hydrogens is 268 g/mol. The minimum atomic E-state index is -0.208. The lowest BCUT2D eigenvalue weighted by atomic mass is 10.3. The first-order valence-electron chi connectivity index (χ1n) is 3.70. The zero-order valence-electron chi connectivity index (χ0n) is 7.14. The SMILES string of the molecule is Cn1nnc(C(=O)c2sccc2Br)n1. The molecule has 72 valence electrons. The van der Waals surface area contributed by atoms with E-state index in [4.69, 9.17) is 0 Å². The van der Waals surface area contributed by atoms with E-state index >= 15 is 0 Å². The van der Waals surface area contributed by atoms with Crippen LogP contribution in [0, 0.1) is 0 Å². The van der Waals surface area contributed by atoms with E-state index in [1.165, 1.54) is 16.1 Å². The Balaban J connectivity index is 2.38. The summed E-state index contributed by atoms with van der Waals surface area (Å²) >= 11 is 4.63. The molecule has 0 atom stereocenters. The van der Waals surface area contributed by atoms with Crippen molar-refractivity contribution in [3.05, 3.63) is 26.6 Å². The molecule has 0 aromatic carbocycles. The van der Waals surface area contributed by atoms with Gasteiger partial charge in [0.05, 0.1) is 11.9 Å². The number of nitrogens with zero attached hydrogens (tertiary/aromatic N) is 4. The van der Waals surface area contributed by atoms with Crippen LogP contribution in [-0.4, -0.2) is 26.0 Å². The molecule has 0 saturated heterocycles. The molecule has 0 amide bonds. The number of hydrogen-bond acceptors (Lipinski definition) is 5. The van der Waals surface area contributed by atoms with Crippen molar-refractivity contribution in [2.75, 3.05) is 0 Å². The number of rotatable bonds is 2. The summed E-state index contributed by atoms with van der Waals surface area (Å²) < 4.78 is 0.764. The highest BCUT2D eigenvalue weighted by Crippen LogP contribution is 2.24. The molecule has 0 aliphatic carbocycles. The van der Waals surface area contributed by atoms with Crippen molar-refractivity contribution >= 4 is 33.0 Å². The number of carbonyl (C=O) groups is 1. The Hall–Kier alpha value is -1.08. The van der Waals surface area contributed by atoms with Crippen LogP contribution in [0.2, 0.25) is 0 Å². The second-order valence-corrected chi connectivity index (χ2v) is 4.30. The average molecular weight is 273 g/mol. The fourth-order valence-electron chi connectivity index (χ4n) is 0.932. The summed E-state index contributed by atoms with van der Waals surface area (Å²) in [5.41, 5.74) is 0. The molecule has 7 heteroatoms. The standard InChI is InChI=1S/C7H5BrN4OS/c1-12-10-7(9-11-12)5(13)6-4(8)2-3-14-6/h2-3H,1H3. The van der Waals surface area contributed by atoms with E-state index < -0.39 is 0 Å². The van der Waals surface area contributed by atoms with Gasteiger partial charge in [0.2, 0.25) is 11.6 Å². The molecule has 0 fully saturated rings. The minimum absolute atomic E-state index is 0.121. The maximum atomic E-state index is 11.7. The predicted octanol–water partition coefficient (Wildman–Crippen LogP) is 1.27. The lowest BCUT2D eigenvalue weighted by molar-refractivity contribution is 0.103. The minimum Gasteiger partial charge on any atom is -0.284 e. The van der Waals surface area contributed by atoms with E-state index in [2.05, 4.69) is 31.3 Å². The largest absolute Gasteiger partial charge is 0.284 e. The molecular formula is C7H5BrN4OS. The van der Waals surface area contributed by atoms with Gasteiger partial charge in [-0.2, -0.15) is 4.80 Å². The smallest absolute Gasteiger partial charge is 0.246 e. The summed E-state index contributed by atoms with van der Waals surface area (Å²) in [5, 5.41) is 12.9. The van der Waals surface area contributed by atoms with Crippen LogP contribution in [0.4, 0.5) is 0 Å². The molecule has 0 saturated carbocycles. The van der Waals surface area contributed by atoms with Crippen LogP contribution in [0.15, 0.2) is 15.9 Å². The van der Waals surface area contributed by atoms with Gasteiger partial charge in [0.25, 0.3) is 0 Å². The lowest BCUT2D eigenvalue weighted by Gasteiger charge is -1.90. The van der Waals surface area contributed by atoms with Gasteiger partial charge in [0.15, 0.2) is 0 Å². The van der Waals surface area contributed by atoms with Crippen molar-refractivity contribution in [1.29, 1.82) is 0 Å². The second kappa shape index (κ2) is 3.58. The molecule has 0 aliphatic heterocycles. The molecule has 14 heavy (non-hydrogen) atoms. The van der Waals surface area contributed by atoms with Gasteiger partial charge >= 0.3 is 0 Å². The third kappa shape index (κ3) is 1.60. The topological polar surface area (TPSA) is 60.7 Å². The summed E-state index contributed by atoms with van der Waals surface area (Å²) in [5.74, 6) is -0.0874. The number of aromatic nitrogens is 4. The van der Waals surface area contributed by atoms with Crippen LogP contribution in [-0.2, 0) is 7.05 Å².